The van der Waals surface area contributed by atoms with Gasteiger partial charge in [-0.05, 0) is 12.8 Å². The fourth-order valence-electron chi connectivity index (χ4n) is 2.63. The van der Waals surface area contributed by atoms with Crippen molar-refractivity contribution in [2.45, 2.75) is 44.1 Å². The quantitative estimate of drug-likeness (QED) is 0.780. The van der Waals surface area contributed by atoms with E-state index in [1.807, 2.05) is 0 Å². The van der Waals surface area contributed by atoms with Gasteiger partial charge in [0.25, 0.3) is 10.2 Å². The van der Waals surface area contributed by atoms with Crippen LogP contribution >= 0.6 is 0 Å². The highest BCUT2D eigenvalue weighted by Crippen LogP contribution is 2.22. The van der Waals surface area contributed by atoms with Gasteiger partial charge in [0.2, 0.25) is 0 Å². The number of nitrogens with one attached hydrogen (secondary N) is 1. The summed E-state index contributed by atoms with van der Waals surface area (Å²) in [6, 6.07) is 0. The number of carboxylic acid groups (broad SMARTS) is 1. The lowest BCUT2D eigenvalue weighted by atomic mass is 10.0. The number of carboxylic acids is 1. The lowest BCUT2D eigenvalue weighted by molar-refractivity contribution is -0.144. The third kappa shape index (κ3) is 3.49. The van der Waals surface area contributed by atoms with Crippen molar-refractivity contribution < 1.29 is 23.1 Å². The third-order valence-corrected chi connectivity index (χ3v) is 5.60. The van der Waals surface area contributed by atoms with E-state index in [1.54, 1.807) is 0 Å². The van der Waals surface area contributed by atoms with Crippen LogP contribution in [0.4, 0.5) is 0 Å². The molecule has 2 saturated heterocycles. The summed E-state index contributed by atoms with van der Waals surface area (Å²) in [4.78, 5) is 11.4. The van der Waals surface area contributed by atoms with Gasteiger partial charge in [0.05, 0.1) is 6.61 Å². The molecule has 8 heteroatoms. The Kier molecular flexibility index (Phi) is 5.00. The Morgan fingerprint density at radius 3 is 2.25 bits per heavy atom. The van der Waals surface area contributed by atoms with Gasteiger partial charge >= 0.3 is 5.97 Å². The van der Waals surface area contributed by atoms with Gasteiger partial charge < -0.3 is 9.84 Å². The number of carbonyl (C=O) groups is 1. The van der Waals surface area contributed by atoms with E-state index in [0.29, 0.717) is 13.1 Å². The molecular formula is C12H22N2O5S. The molecule has 2 aliphatic rings. The van der Waals surface area contributed by atoms with Crippen LogP contribution in [0.5, 0.6) is 0 Å². The number of hydrogen-bond donors (Lipinski definition) is 2. The SMILES string of the molecule is O=C(O)C1(NS(=O)(=O)N2CCCCCCC2)CCOC1. The summed E-state index contributed by atoms with van der Waals surface area (Å²) in [5.41, 5.74) is -1.51. The van der Waals surface area contributed by atoms with E-state index in [4.69, 9.17) is 4.74 Å². The minimum atomic E-state index is -3.79. The largest absolute Gasteiger partial charge is 0.480 e. The van der Waals surface area contributed by atoms with Gasteiger partial charge in [0.1, 0.15) is 0 Å². The Labute approximate surface area is 119 Å². The number of nitrogens with zero attached hydrogens (tertiary/aromatic N) is 1. The molecule has 0 aliphatic carbocycles. The summed E-state index contributed by atoms with van der Waals surface area (Å²) in [6.45, 7) is 1.04. The second kappa shape index (κ2) is 6.38. The zero-order valence-corrected chi connectivity index (χ0v) is 12.3. The minimum absolute atomic E-state index is 0.116. The van der Waals surface area contributed by atoms with Crippen LogP contribution in [-0.4, -0.2) is 55.6 Å². The van der Waals surface area contributed by atoms with Crippen molar-refractivity contribution in [3.8, 4) is 0 Å². The smallest absolute Gasteiger partial charge is 0.327 e. The number of ether oxygens (including phenoxy) is 1. The lowest BCUT2D eigenvalue weighted by Crippen LogP contribution is -2.58. The Balaban J connectivity index is 2.10. The normalized spacial score (nSPS) is 29.8. The van der Waals surface area contributed by atoms with Crippen LogP contribution in [-0.2, 0) is 19.7 Å². The van der Waals surface area contributed by atoms with Gasteiger partial charge in [0, 0.05) is 26.1 Å². The summed E-state index contributed by atoms with van der Waals surface area (Å²) in [7, 11) is -3.79. The van der Waals surface area contributed by atoms with Gasteiger partial charge in [-0.3, -0.25) is 4.79 Å². The van der Waals surface area contributed by atoms with Crippen LogP contribution in [0.1, 0.15) is 38.5 Å². The molecule has 0 amide bonds. The van der Waals surface area contributed by atoms with E-state index in [1.165, 1.54) is 4.31 Å². The maximum Gasteiger partial charge on any atom is 0.327 e. The van der Waals surface area contributed by atoms with E-state index >= 15 is 0 Å². The second-order valence-electron chi connectivity index (χ2n) is 5.46. The summed E-state index contributed by atoms with van der Waals surface area (Å²) >= 11 is 0. The zero-order chi connectivity index (χ0) is 14.6. The fourth-order valence-corrected chi connectivity index (χ4v) is 4.24. The van der Waals surface area contributed by atoms with Crippen LogP contribution in [0.2, 0.25) is 0 Å². The third-order valence-electron chi connectivity index (χ3n) is 3.91. The fraction of sp³-hybridized carbons (Fsp3) is 0.917. The first-order chi connectivity index (χ1) is 9.46. The van der Waals surface area contributed by atoms with Crippen molar-refractivity contribution in [3.05, 3.63) is 0 Å². The molecule has 2 fully saturated rings. The van der Waals surface area contributed by atoms with Crippen molar-refractivity contribution in [2.75, 3.05) is 26.3 Å². The highest BCUT2D eigenvalue weighted by Gasteiger charge is 2.46. The van der Waals surface area contributed by atoms with Gasteiger partial charge in [0.15, 0.2) is 5.54 Å². The molecule has 0 saturated carbocycles. The standard InChI is InChI=1S/C12H22N2O5S/c15-11(16)12(6-9-19-10-12)13-20(17,18)14-7-4-2-1-3-5-8-14/h13H,1-10H2,(H,15,16). The molecule has 7 nitrogen and oxygen atoms in total. The molecule has 116 valence electrons. The van der Waals surface area contributed by atoms with Gasteiger partial charge in [-0.2, -0.15) is 17.4 Å². The summed E-state index contributed by atoms with van der Waals surface area (Å²) in [5.74, 6) is -1.18. The van der Waals surface area contributed by atoms with Crippen molar-refractivity contribution in [1.29, 1.82) is 0 Å². The predicted molar refractivity (Wildman–Crippen MR) is 72.5 cm³/mol. The number of rotatable bonds is 4. The topological polar surface area (TPSA) is 95.9 Å². The second-order valence-corrected chi connectivity index (χ2v) is 7.13. The Hall–Kier alpha value is -0.700. The first-order valence-corrected chi connectivity index (χ1v) is 8.50. The van der Waals surface area contributed by atoms with Crippen molar-refractivity contribution in [2.24, 2.45) is 0 Å². The first-order valence-electron chi connectivity index (χ1n) is 7.06. The van der Waals surface area contributed by atoms with Crippen molar-refractivity contribution >= 4 is 16.2 Å². The molecule has 2 N–H and O–H groups in total. The van der Waals surface area contributed by atoms with Crippen molar-refractivity contribution in [3.63, 3.8) is 0 Å². The van der Waals surface area contributed by atoms with Gasteiger partial charge in [-0.1, -0.05) is 19.3 Å². The molecule has 2 heterocycles. The van der Waals surface area contributed by atoms with Crippen LogP contribution in [0.25, 0.3) is 0 Å². The number of aliphatic carboxylic acids is 1. The Morgan fingerprint density at radius 2 is 1.75 bits per heavy atom. The maximum atomic E-state index is 12.4. The predicted octanol–water partition coefficient (Wildman–Crippen LogP) is 0.331. The van der Waals surface area contributed by atoms with E-state index in [2.05, 4.69) is 4.72 Å². The maximum absolute atomic E-state index is 12.4. The average molecular weight is 306 g/mol. The average Bonchev–Trinajstić information content (AvgIpc) is 2.76. The van der Waals surface area contributed by atoms with Gasteiger partial charge in [-0.15, -0.1) is 0 Å². The molecule has 1 unspecified atom stereocenters. The summed E-state index contributed by atoms with van der Waals surface area (Å²) in [6.07, 6.45) is 4.96. The molecule has 20 heavy (non-hydrogen) atoms. The Bertz CT molecular complexity index is 437. The van der Waals surface area contributed by atoms with Gasteiger partial charge in [-0.25, -0.2) is 0 Å². The minimum Gasteiger partial charge on any atom is -0.480 e. The molecule has 2 rings (SSSR count). The van der Waals surface area contributed by atoms with E-state index in [9.17, 15) is 18.3 Å². The monoisotopic (exact) mass is 306 g/mol. The molecular weight excluding hydrogens is 284 g/mol. The lowest BCUT2D eigenvalue weighted by Gasteiger charge is -2.29. The van der Waals surface area contributed by atoms with E-state index < -0.39 is 21.7 Å². The first kappa shape index (κ1) is 15.7. The molecule has 0 aromatic carbocycles. The molecule has 1 atom stereocenters. The van der Waals surface area contributed by atoms with Crippen molar-refractivity contribution in [1.82, 2.24) is 9.03 Å². The molecule has 0 bridgehead atoms. The van der Waals surface area contributed by atoms with Crippen LogP contribution in [0.15, 0.2) is 0 Å². The summed E-state index contributed by atoms with van der Waals surface area (Å²) in [5, 5.41) is 9.30. The van der Waals surface area contributed by atoms with Crippen LogP contribution < -0.4 is 4.72 Å². The van der Waals surface area contributed by atoms with Crippen LogP contribution in [0.3, 0.4) is 0 Å². The Morgan fingerprint density at radius 1 is 1.15 bits per heavy atom. The molecule has 2 aliphatic heterocycles. The molecule has 0 aromatic rings. The van der Waals surface area contributed by atoms with E-state index in [0.717, 1.165) is 32.1 Å². The van der Waals surface area contributed by atoms with E-state index in [-0.39, 0.29) is 19.6 Å². The summed E-state index contributed by atoms with van der Waals surface area (Å²) < 4.78 is 33.6. The molecule has 0 radical (unpaired) electrons. The zero-order valence-electron chi connectivity index (χ0n) is 11.5. The molecule has 0 spiro atoms. The number of hydrogen-bond acceptors (Lipinski definition) is 4. The highest BCUT2D eigenvalue weighted by molar-refractivity contribution is 7.87. The highest BCUT2D eigenvalue weighted by atomic mass is 32.2. The molecule has 0 aromatic heterocycles. The van der Waals surface area contributed by atoms with Crippen LogP contribution in [0, 0.1) is 0 Å².